The van der Waals surface area contributed by atoms with Crippen LogP contribution in [0.3, 0.4) is 0 Å². The molecule has 0 bridgehead atoms. The Bertz CT molecular complexity index is 121. The molecule has 13 heavy (non-hydrogen) atoms. The Morgan fingerprint density at radius 3 is 1.92 bits per heavy atom. The van der Waals surface area contributed by atoms with Gasteiger partial charge < -0.3 is 4.90 Å². The third-order valence-corrected chi connectivity index (χ3v) is 1.62. The molecule has 0 N–H and O–H groups in total. The molecule has 2 nitrogen and oxygen atoms in total. The van der Waals surface area contributed by atoms with Gasteiger partial charge in [0.15, 0.2) is 0 Å². The second kappa shape index (κ2) is 9.56. The van der Waals surface area contributed by atoms with Gasteiger partial charge in [-0.2, -0.15) is 0 Å². The van der Waals surface area contributed by atoms with E-state index in [0.717, 1.165) is 13.1 Å². The van der Waals surface area contributed by atoms with Crippen LogP contribution in [0, 0.1) is 5.92 Å². The molecule has 0 heterocycles. The molecular weight excluding hydrogens is 162 g/mol. The topological polar surface area (TPSA) is 20.3 Å². The fourth-order valence-corrected chi connectivity index (χ4v) is 1.07. The summed E-state index contributed by atoms with van der Waals surface area (Å²) >= 11 is 0. The van der Waals surface area contributed by atoms with Crippen LogP contribution in [0.15, 0.2) is 0 Å². The molecule has 0 atom stereocenters. The summed E-state index contributed by atoms with van der Waals surface area (Å²) in [5.41, 5.74) is 0. The van der Waals surface area contributed by atoms with Crippen molar-refractivity contribution in [3.63, 3.8) is 0 Å². The molecule has 80 valence electrons. The normalized spacial score (nSPS) is 9.15. The number of hydrogen-bond acceptors (Lipinski definition) is 1. The summed E-state index contributed by atoms with van der Waals surface area (Å²) in [5.74, 6) is 0.839. The van der Waals surface area contributed by atoms with Crippen LogP contribution in [0.4, 0.5) is 0 Å². The van der Waals surface area contributed by atoms with Crippen molar-refractivity contribution in [3.05, 3.63) is 0 Å². The summed E-state index contributed by atoms with van der Waals surface area (Å²) in [5, 5.41) is 0. The smallest absolute Gasteiger partial charge is 0.222 e. The molecule has 0 spiro atoms. The first kappa shape index (κ1) is 15.0. The number of hydrogen-bond donors (Lipinski definition) is 0. The monoisotopic (exact) mass is 187 g/mol. The van der Waals surface area contributed by atoms with Crippen molar-refractivity contribution in [2.24, 2.45) is 5.92 Å². The Kier molecular flexibility index (Phi) is 11.0. The van der Waals surface area contributed by atoms with Crippen molar-refractivity contribution < 1.29 is 4.79 Å². The van der Waals surface area contributed by atoms with E-state index in [0.29, 0.717) is 12.3 Å². The van der Waals surface area contributed by atoms with Gasteiger partial charge >= 0.3 is 0 Å². The molecule has 0 radical (unpaired) electrons. The van der Waals surface area contributed by atoms with E-state index in [1.54, 1.807) is 0 Å². The number of carbonyl (C=O) groups excluding carboxylic acids is 1. The zero-order chi connectivity index (χ0) is 10.9. The lowest BCUT2D eigenvalue weighted by Gasteiger charge is -2.22. The van der Waals surface area contributed by atoms with E-state index >= 15 is 0 Å². The highest BCUT2D eigenvalue weighted by molar-refractivity contribution is 5.75. The van der Waals surface area contributed by atoms with Crippen LogP contribution in [0.25, 0.3) is 0 Å². The molecular formula is C11H25NO. The molecule has 0 aliphatic carbocycles. The van der Waals surface area contributed by atoms with Gasteiger partial charge in [-0.3, -0.25) is 4.79 Å². The quantitative estimate of drug-likeness (QED) is 0.662. The van der Waals surface area contributed by atoms with Gasteiger partial charge in [-0.05, 0) is 12.8 Å². The predicted molar refractivity (Wildman–Crippen MR) is 58.7 cm³/mol. The summed E-state index contributed by atoms with van der Waals surface area (Å²) in [6.07, 6.45) is 0.626. The number of carbonyl (C=O) groups is 1. The Morgan fingerprint density at radius 1 is 1.23 bits per heavy atom. The van der Waals surface area contributed by atoms with Gasteiger partial charge in [0.25, 0.3) is 0 Å². The molecule has 0 aliphatic rings. The van der Waals surface area contributed by atoms with E-state index in [1.165, 1.54) is 0 Å². The van der Waals surface area contributed by atoms with Gasteiger partial charge in [0, 0.05) is 19.5 Å². The van der Waals surface area contributed by atoms with Gasteiger partial charge in [0.2, 0.25) is 5.91 Å². The third-order valence-electron chi connectivity index (χ3n) is 1.62. The minimum Gasteiger partial charge on any atom is -0.343 e. The van der Waals surface area contributed by atoms with Crippen LogP contribution < -0.4 is 0 Å². The van der Waals surface area contributed by atoms with E-state index in [9.17, 15) is 4.79 Å². The highest BCUT2D eigenvalue weighted by Gasteiger charge is 2.09. The molecule has 0 aromatic heterocycles. The van der Waals surface area contributed by atoms with Crippen LogP contribution in [0.5, 0.6) is 0 Å². The first-order valence-corrected chi connectivity index (χ1v) is 5.39. The molecule has 0 aliphatic heterocycles. The Balaban J connectivity index is 0. The highest BCUT2D eigenvalue weighted by Crippen LogP contribution is 2.00. The van der Waals surface area contributed by atoms with Gasteiger partial charge in [0.05, 0.1) is 0 Å². The fourth-order valence-electron chi connectivity index (χ4n) is 1.07. The molecule has 2 heteroatoms. The maximum Gasteiger partial charge on any atom is 0.222 e. The van der Waals surface area contributed by atoms with Crippen LogP contribution >= 0.6 is 0 Å². The Morgan fingerprint density at radius 2 is 1.69 bits per heavy atom. The minimum atomic E-state index is 0.265. The number of amides is 1. The average molecular weight is 187 g/mol. The third kappa shape index (κ3) is 7.82. The first-order chi connectivity index (χ1) is 6.11. The van der Waals surface area contributed by atoms with Crippen LogP contribution in [-0.2, 0) is 4.79 Å². The maximum absolute atomic E-state index is 11.2. The largest absolute Gasteiger partial charge is 0.343 e. The van der Waals surface area contributed by atoms with E-state index < -0.39 is 0 Å². The molecule has 0 aromatic carbocycles. The van der Waals surface area contributed by atoms with Crippen molar-refractivity contribution in [1.82, 2.24) is 4.90 Å². The summed E-state index contributed by atoms with van der Waals surface area (Å²) in [6.45, 7) is 13.9. The lowest BCUT2D eigenvalue weighted by Crippen LogP contribution is -2.33. The number of rotatable bonds is 4. The van der Waals surface area contributed by atoms with Crippen LogP contribution in [-0.4, -0.2) is 23.9 Å². The minimum absolute atomic E-state index is 0.265. The molecule has 0 unspecified atom stereocenters. The second-order valence-electron chi connectivity index (χ2n) is 3.18. The van der Waals surface area contributed by atoms with E-state index in [4.69, 9.17) is 0 Å². The van der Waals surface area contributed by atoms with Crippen molar-refractivity contribution in [3.8, 4) is 0 Å². The van der Waals surface area contributed by atoms with E-state index in [1.807, 2.05) is 32.6 Å². The average Bonchev–Trinajstić information content (AvgIpc) is 2.16. The zero-order valence-corrected chi connectivity index (χ0v) is 10.1. The number of nitrogens with zero attached hydrogens (tertiary/aromatic N) is 1. The van der Waals surface area contributed by atoms with Crippen molar-refractivity contribution in [2.75, 3.05) is 13.1 Å². The van der Waals surface area contributed by atoms with E-state index in [2.05, 4.69) is 13.8 Å². The fraction of sp³-hybridized carbons (Fsp3) is 0.909. The molecule has 0 saturated heterocycles. The molecule has 0 rings (SSSR count). The van der Waals surface area contributed by atoms with Crippen molar-refractivity contribution >= 4 is 5.91 Å². The Hall–Kier alpha value is -0.530. The standard InChI is InChI=1S/C9H19NO.C2H6/c1-5-9(11)10(6-2)7-8(3)4;1-2/h8H,5-7H2,1-4H3;1-2H3. The van der Waals surface area contributed by atoms with Gasteiger partial charge in [-0.15, -0.1) is 0 Å². The van der Waals surface area contributed by atoms with Crippen LogP contribution in [0.1, 0.15) is 48.0 Å². The summed E-state index contributed by atoms with van der Waals surface area (Å²) in [6, 6.07) is 0. The summed E-state index contributed by atoms with van der Waals surface area (Å²) < 4.78 is 0. The second-order valence-corrected chi connectivity index (χ2v) is 3.18. The SMILES string of the molecule is CC.CCC(=O)N(CC)CC(C)C. The first-order valence-electron chi connectivity index (χ1n) is 5.39. The lowest BCUT2D eigenvalue weighted by molar-refractivity contribution is -0.131. The van der Waals surface area contributed by atoms with Crippen molar-refractivity contribution in [1.29, 1.82) is 0 Å². The molecule has 1 amide bonds. The molecule has 0 saturated carbocycles. The summed E-state index contributed by atoms with van der Waals surface area (Å²) in [4.78, 5) is 13.1. The van der Waals surface area contributed by atoms with Gasteiger partial charge in [0.1, 0.15) is 0 Å². The van der Waals surface area contributed by atoms with E-state index in [-0.39, 0.29) is 5.91 Å². The lowest BCUT2D eigenvalue weighted by atomic mass is 10.2. The predicted octanol–water partition coefficient (Wildman–Crippen LogP) is 2.93. The molecule has 0 fully saturated rings. The maximum atomic E-state index is 11.2. The summed E-state index contributed by atoms with van der Waals surface area (Å²) in [7, 11) is 0. The van der Waals surface area contributed by atoms with Crippen LogP contribution in [0.2, 0.25) is 0 Å². The van der Waals surface area contributed by atoms with Crippen molar-refractivity contribution in [2.45, 2.75) is 48.0 Å². The van der Waals surface area contributed by atoms with Gasteiger partial charge in [-0.25, -0.2) is 0 Å². The molecule has 0 aromatic rings. The Labute approximate surface area is 83.3 Å². The van der Waals surface area contributed by atoms with Gasteiger partial charge in [-0.1, -0.05) is 34.6 Å². The zero-order valence-electron chi connectivity index (χ0n) is 10.1. The highest BCUT2D eigenvalue weighted by atomic mass is 16.2.